The largest absolute Gasteiger partial charge is 0.496 e. The molecule has 0 spiro atoms. The van der Waals surface area contributed by atoms with Crippen molar-refractivity contribution in [2.45, 2.75) is 37.9 Å². The van der Waals surface area contributed by atoms with Crippen LogP contribution in [-0.4, -0.2) is 61.1 Å². The molecule has 0 unspecified atom stereocenters. The van der Waals surface area contributed by atoms with Gasteiger partial charge in [0.2, 0.25) is 5.91 Å². The Labute approximate surface area is 224 Å². The fourth-order valence-electron chi connectivity index (χ4n) is 4.85. The van der Waals surface area contributed by atoms with Gasteiger partial charge in [0, 0.05) is 35.7 Å². The van der Waals surface area contributed by atoms with Gasteiger partial charge in [0.1, 0.15) is 12.0 Å². The van der Waals surface area contributed by atoms with E-state index in [1.807, 2.05) is 54.6 Å². The number of aryl methyl sites for hydroxylation is 1. The van der Waals surface area contributed by atoms with Gasteiger partial charge in [0.15, 0.2) is 0 Å². The van der Waals surface area contributed by atoms with Gasteiger partial charge in [-0.05, 0) is 53.4 Å². The number of halogens is 1. The summed E-state index contributed by atoms with van der Waals surface area (Å²) in [4.78, 5) is 39.5. The molecule has 0 bridgehead atoms. The molecular weight excluding hydrogens is 538 g/mol. The Hall–Kier alpha value is -3.43. The minimum absolute atomic E-state index is 0.0451. The van der Waals surface area contributed by atoms with Crippen LogP contribution in [0.5, 0.6) is 5.75 Å². The zero-order valence-corrected chi connectivity index (χ0v) is 22.4. The number of carboxylic acid groups (broad SMARTS) is 1. The molecule has 0 aliphatic carbocycles. The third-order valence-corrected chi connectivity index (χ3v) is 7.45. The highest BCUT2D eigenvalue weighted by Crippen LogP contribution is 2.35. The number of nitrogens with one attached hydrogen (secondary N) is 1. The number of methoxy groups -OCH3 is 1. The first-order valence-corrected chi connectivity index (χ1v) is 12.9. The third kappa shape index (κ3) is 5.78. The normalized spacial score (nSPS) is 16.1. The molecule has 2 amide bonds. The predicted octanol–water partition coefficient (Wildman–Crippen LogP) is 4.62. The Morgan fingerprint density at radius 3 is 2.78 bits per heavy atom. The van der Waals surface area contributed by atoms with Crippen LogP contribution in [0.4, 0.5) is 10.5 Å². The zero-order valence-electron chi connectivity index (χ0n) is 20.8. The Morgan fingerprint density at radius 2 is 2.05 bits per heavy atom. The van der Waals surface area contributed by atoms with E-state index in [-0.39, 0.29) is 18.9 Å². The average molecular weight is 568 g/mol. The predicted molar refractivity (Wildman–Crippen MR) is 146 cm³/mol. The molecule has 1 aliphatic heterocycles. The molecule has 8 nitrogen and oxygen atoms in total. The number of carbonyl (C=O) groups excluding carboxylic acids is 2. The van der Waals surface area contributed by atoms with Gasteiger partial charge in [-0.1, -0.05) is 46.3 Å². The van der Waals surface area contributed by atoms with Crippen LogP contribution in [0.15, 0.2) is 59.1 Å². The second-order valence-corrected chi connectivity index (χ2v) is 10.0. The minimum atomic E-state index is -1.12. The molecule has 2 atom stereocenters. The molecule has 194 valence electrons. The van der Waals surface area contributed by atoms with E-state index in [1.54, 1.807) is 12.0 Å². The van der Waals surface area contributed by atoms with Gasteiger partial charge in [0.25, 0.3) is 0 Å². The van der Waals surface area contributed by atoms with Gasteiger partial charge in [-0.3, -0.25) is 4.79 Å². The van der Waals surface area contributed by atoms with Gasteiger partial charge in [-0.2, -0.15) is 0 Å². The van der Waals surface area contributed by atoms with Gasteiger partial charge >= 0.3 is 6.09 Å². The molecular formula is C28H30BrN3O5. The lowest BCUT2D eigenvalue weighted by Gasteiger charge is -2.30. The smallest absolute Gasteiger partial charge is 0.407 e. The lowest BCUT2D eigenvalue weighted by Crippen LogP contribution is -2.51. The molecule has 0 radical (unpaired) electrons. The maximum absolute atomic E-state index is 14.0. The molecule has 0 fully saturated rings. The molecule has 0 saturated heterocycles. The molecule has 3 aromatic carbocycles. The van der Waals surface area contributed by atoms with Crippen molar-refractivity contribution in [3.05, 3.63) is 70.2 Å². The zero-order chi connectivity index (χ0) is 26.5. The topological polar surface area (TPSA) is 99.2 Å². The maximum Gasteiger partial charge on any atom is 0.407 e. The van der Waals surface area contributed by atoms with Crippen LogP contribution in [0.2, 0.25) is 0 Å². The van der Waals surface area contributed by atoms with Crippen molar-refractivity contribution in [2.75, 3.05) is 25.6 Å². The molecule has 0 aromatic heterocycles. The lowest BCUT2D eigenvalue weighted by molar-refractivity contribution is -0.120. The summed E-state index contributed by atoms with van der Waals surface area (Å²) in [5, 5.41) is 14.7. The van der Waals surface area contributed by atoms with Crippen LogP contribution in [0.1, 0.15) is 24.0 Å². The Kier molecular flexibility index (Phi) is 8.45. The number of fused-ring (bicyclic) bond motifs is 2. The summed E-state index contributed by atoms with van der Waals surface area (Å²) in [5.41, 5.74) is 2.81. The average Bonchev–Trinajstić information content (AvgIpc) is 3.02. The number of rotatable bonds is 9. The fourth-order valence-corrected chi connectivity index (χ4v) is 5.23. The van der Waals surface area contributed by atoms with Gasteiger partial charge in [-0.25, -0.2) is 4.79 Å². The van der Waals surface area contributed by atoms with Crippen LogP contribution in [-0.2, 0) is 22.6 Å². The van der Waals surface area contributed by atoms with E-state index in [1.165, 1.54) is 7.05 Å². The monoisotopic (exact) mass is 567 g/mol. The van der Waals surface area contributed by atoms with Crippen LogP contribution in [0.3, 0.4) is 0 Å². The minimum Gasteiger partial charge on any atom is -0.496 e. The number of benzene rings is 3. The van der Waals surface area contributed by atoms with Crippen molar-refractivity contribution >= 4 is 50.7 Å². The highest BCUT2D eigenvalue weighted by molar-refractivity contribution is 9.10. The molecule has 9 heteroatoms. The fraction of sp³-hybridized carbons (Fsp3) is 0.321. The maximum atomic E-state index is 14.0. The molecule has 2 N–H and O–H groups in total. The quantitative estimate of drug-likeness (QED) is 0.366. The van der Waals surface area contributed by atoms with Crippen molar-refractivity contribution in [3.8, 4) is 5.75 Å². The molecule has 0 saturated carbocycles. The summed E-state index contributed by atoms with van der Waals surface area (Å²) in [7, 11) is 3.05. The number of anilines is 1. The Morgan fingerprint density at radius 1 is 1.27 bits per heavy atom. The van der Waals surface area contributed by atoms with Gasteiger partial charge < -0.3 is 29.8 Å². The van der Waals surface area contributed by atoms with Crippen molar-refractivity contribution in [1.82, 2.24) is 10.2 Å². The summed E-state index contributed by atoms with van der Waals surface area (Å²) in [6.07, 6.45) is 0.862. The first kappa shape index (κ1) is 26.6. The summed E-state index contributed by atoms with van der Waals surface area (Å²) in [5.74, 6) is 0.590. The van der Waals surface area contributed by atoms with Crippen molar-refractivity contribution in [2.24, 2.45) is 0 Å². The van der Waals surface area contributed by atoms with Crippen LogP contribution in [0, 0.1) is 0 Å². The highest BCUT2D eigenvalue weighted by atomic mass is 79.9. The number of para-hydroxylation sites is 1. The van der Waals surface area contributed by atoms with E-state index in [0.717, 1.165) is 37.0 Å². The number of hydrogen-bond donors (Lipinski definition) is 2. The summed E-state index contributed by atoms with van der Waals surface area (Å²) >= 11 is 3.53. The number of ether oxygens (including phenoxy) is 1. The second kappa shape index (κ2) is 11.7. The van der Waals surface area contributed by atoms with E-state index in [2.05, 4.69) is 21.2 Å². The van der Waals surface area contributed by atoms with Gasteiger partial charge in [0.05, 0.1) is 25.7 Å². The van der Waals surface area contributed by atoms with E-state index in [9.17, 15) is 19.5 Å². The van der Waals surface area contributed by atoms with Crippen LogP contribution >= 0.6 is 15.9 Å². The molecule has 1 aliphatic rings. The van der Waals surface area contributed by atoms with E-state index in [4.69, 9.17) is 4.74 Å². The van der Waals surface area contributed by atoms with Crippen LogP contribution < -0.4 is 15.0 Å². The lowest BCUT2D eigenvalue weighted by atomic mass is 10.0. The summed E-state index contributed by atoms with van der Waals surface area (Å²) in [6, 6.07) is 16.7. The summed E-state index contributed by atoms with van der Waals surface area (Å²) in [6.45, 7) is 0.497. The number of amides is 2. The first-order chi connectivity index (χ1) is 17.8. The number of likely N-dealkylation sites (N-methyl/N-ethyl adjacent to an activating group) is 1. The standard InChI is InChI=1S/C28H30BrN3O5/c1-31(28(35)36)21(13-14-33)16-30-24-11-7-18-5-3-4-6-25(18)32(27(24)34)17-23-22-10-9-20(29)15-19(22)8-12-26(23)37-2/h3-6,8-10,12,14-15,21,24,30H,7,11,13,16-17H2,1-2H3,(H,35,36)/t21-,24-/m0/s1. The Balaban J connectivity index is 1.69. The molecule has 1 heterocycles. The number of carbonyl (C=O) groups is 3. The molecule has 4 rings (SSSR count). The van der Waals surface area contributed by atoms with Crippen molar-refractivity contribution < 1.29 is 24.2 Å². The van der Waals surface area contributed by atoms with Crippen LogP contribution in [0.25, 0.3) is 10.8 Å². The number of aldehydes is 1. The number of nitrogens with zero attached hydrogens (tertiary/aromatic N) is 2. The Bertz CT molecular complexity index is 1310. The SMILES string of the molecule is COc1ccc2cc(Br)ccc2c1CN1C(=O)[C@@H](NC[C@H](CC=O)N(C)C(=O)O)CCc2ccccc21. The highest BCUT2D eigenvalue weighted by Gasteiger charge is 2.32. The van der Waals surface area contributed by atoms with Crippen molar-refractivity contribution in [3.63, 3.8) is 0 Å². The second-order valence-electron chi connectivity index (χ2n) is 9.11. The van der Waals surface area contributed by atoms with E-state index in [0.29, 0.717) is 31.4 Å². The molecule has 3 aromatic rings. The molecule has 37 heavy (non-hydrogen) atoms. The third-order valence-electron chi connectivity index (χ3n) is 6.95. The number of hydrogen-bond acceptors (Lipinski definition) is 5. The summed E-state index contributed by atoms with van der Waals surface area (Å²) < 4.78 is 6.67. The van der Waals surface area contributed by atoms with E-state index < -0.39 is 18.2 Å². The van der Waals surface area contributed by atoms with Crippen molar-refractivity contribution in [1.29, 1.82) is 0 Å². The first-order valence-electron chi connectivity index (χ1n) is 12.1. The van der Waals surface area contributed by atoms with E-state index >= 15 is 0 Å². The van der Waals surface area contributed by atoms with Gasteiger partial charge in [-0.15, -0.1) is 0 Å².